The third-order valence-electron chi connectivity index (χ3n) is 7.53. The Kier molecular flexibility index (Phi) is 13.1. The van der Waals surface area contributed by atoms with Crippen molar-refractivity contribution in [3.63, 3.8) is 0 Å². The third-order valence-corrected chi connectivity index (χ3v) is 8.97. The smallest absolute Gasteiger partial charge is 0.163 e. The summed E-state index contributed by atoms with van der Waals surface area (Å²) in [6.07, 6.45) is 8.06. The Morgan fingerprint density at radius 1 is 0.595 bits per heavy atom. The van der Waals surface area contributed by atoms with Crippen molar-refractivity contribution in [1.29, 1.82) is 0 Å². The van der Waals surface area contributed by atoms with Gasteiger partial charge in [-0.25, -0.2) is 0 Å². The highest BCUT2D eigenvalue weighted by molar-refractivity contribution is 14.1. The molecule has 0 bridgehead atoms. The molecular formula is C37H38I2O3. The maximum absolute atomic E-state index is 13.2. The number of Topliss-reactive ketones (excluding diaryl/α,β-unsaturated/α-hetero) is 2. The van der Waals surface area contributed by atoms with Crippen molar-refractivity contribution >= 4 is 56.7 Å². The van der Waals surface area contributed by atoms with Crippen LogP contribution in [0.5, 0.6) is 5.75 Å². The number of ether oxygens (including phenoxy) is 1. The van der Waals surface area contributed by atoms with E-state index in [0.29, 0.717) is 11.1 Å². The van der Waals surface area contributed by atoms with Gasteiger partial charge in [-0.05, 0) is 111 Å². The number of unbranched alkanes of at least 4 members (excludes halogenated alkanes) is 5. The quantitative estimate of drug-likeness (QED) is 0.0646. The molecule has 0 atom stereocenters. The van der Waals surface area contributed by atoms with Gasteiger partial charge in [0.15, 0.2) is 11.6 Å². The van der Waals surface area contributed by atoms with Gasteiger partial charge in [-0.3, -0.25) is 9.59 Å². The summed E-state index contributed by atoms with van der Waals surface area (Å²) in [4.78, 5) is 26.5. The van der Waals surface area contributed by atoms with Crippen molar-refractivity contribution in [2.75, 3.05) is 6.61 Å². The molecule has 0 aromatic heterocycles. The molecule has 0 aliphatic rings. The molecule has 0 heterocycles. The van der Waals surface area contributed by atoms with E-state index in [1.807, 2.05) is 60.7 Å². The first kappa shape index (κ1) is 32.4. The molecule has 0 N–H and O–H groups in total. The van der Waals surface area contributed by atoms with Gasteiger partial charge in [0.25, 0.3) is 0 Å². The molecule has 4 rings (SSSR count). The standard InChI is InChI=1S/C37H38I2O3/c1-2-3-4-5-6-7-24-42-35-22-16-28(17-23-35)27-8-10-29(11-9-27)32(25-36(40)30-12-18-33(38)19-13-30)26-37(41)31-14-20-34(39)21-15-31/h8-23,32H,2-7,24-26H2,1H3. The van der Waals surface area contributed by atoms with E-state index >= 15 is 0 Å². The molecular weight excluding hydrogens is 746 g/mol. The second-order valence-electron chi connectivity index (χ2n) is 10.7. The molecule has 0 saturated heterocycles. The second-order valence-corrected chi connectivity index (χ2v) is 13.2. The van der Waals surface area contributed by atoms with Crippen LogP contribution in [0.4, 0.5) is 0 Å². The van der Waals surface area contributed by atoms with Crippen molar-refractivity contribution < 1.29 is 14.3 Å². The summed E-state index contributed by atoms with van der Waals surface area (Å²) in [7, 11) is 0. The second kappa shape index (κ2) is 16.9. The van der Waals surface area contributed by atoms with Gasteiger partial charge in [0, 0.05) is 31.1 Å². The number of halogens is 2. The van der Waals surface area contributed by atoms with Crippen LogP contribution in [0, 0.1) is 7.14 Å². The fourth-order valence-corrected chi connectivity index (χ4v) is 5.75. The van der Waals surface area contributed by atoms with Gasteiger partial charge in [0.2, 0.25) is 0 Å². The minimum Gasteiger partial charge on any atom is -0.494 e. The lowest BCUT2D eigenvalue weighted by Crippen LogP contribution is -2.13. The Bertz CT molecular complexity index is 1350. The molecule has 4 aromatic rings. The Balaban J connectivity index is 1.43. The summed E-state index contributed by atoms with van der Waals surface area (Å²) in [6.45, 7) is 2.99. The number of rotatable bonds is 16. The predicted molar refractivity (Wildman–Crippen MR) is 190 cm³/mol. The molecule has 0 saturated carbocycles. The van der Waals surface area contributed by atoms with E-state index in [4.69, 9.17) is 4.74 Å². The van der Waals surface area contributed by atoms with Crippen LogP contribution in [0.25, 0.3) is 11.1 Å². The van der Waals surface area contributed by atoms with E-state index in [-0.39, 0.29) is 30.3 Å². The van der Waals surface area contributed by atoms with Gasteiger partial charge >= 0.3 is 0 Å². The van der Waals surface area contributed by atoms with E-state index in [0.717, 1.165) is 42.6 Å². The van der Waals surface area contributed by atoms with E-state index in [9.17, 15) is 9.59 Å². The van der Waals surface area contributed by atoms with Crippen molar-refractivity contribution in [2.24, 2.45) is 0 Å². The van der Waals surface area contributed by atoms with Gasteiger partial charge in [-0.2, -0.15) is 0 Å². The molecule has 0 spiro atoms. The SMILES string of the molecule is CCCCCCCCOc1ccc(-c2ccc(C(CC(=O)c3ccc(I)cc3)CC(=O)c3ccc(I)cc3)cc2)cc1. The first-order valence-electron chi connectivity index (χ1n) is 14.8. The van der Waals surface area contributed by atoms with Crippen molar-refractivity contribution in [2.45, 2.75) is 64.2 Å². The van der Waals surface area contributed by atoms with Crippen molar-refractivity contribution in [3.05, 3.63) is 121 Å². The highest BCUT2D eigenvalue weighted by Crippen LogP contribution is 2.30. The highest BCUT2D eigenvalue weighted by Gasteiger charge is 2.22. The summed E-state index contributed by atoms with van der Waals surface area (Å²) in [6, 6.07) is 31.8. The summed E-state index contributed by atoms with van der Waals surface area (Å²) < 4.78 is 8.12. The first-order chi connectivity index (χ1) is 20.4. The fourth-order valence-electron chi connectivity index (χ4n) is 5.03. The number of carbonyl (C=O) groups is 2. The summed E-state index contributed by atoms with van der Waals surface area (Å²) >= 11 is 4.47. The Labute approximate surface area is 277 Å². The van der Waals surface area contributed by atoms with Crippen molar-refractivity contribution in [3.8, 4) is 16.9 Å². The van der Waals surface area contributed by atoms with Gasteiger partial charge in [0.05, 0.1) is 6.61 Å². The molecule has 0 aliphatic carbocycles. The maximum atomic E-state index is 13.2. The zero-order valence-corrected chi connectivity index (χ0v) is 28.5. The van der Waals surface area contributed by atoms with Crippen LogP contribution in [0.1, 0.15) is 90.5 Å². The van der Waals surface area contributed by atoms with E-state index in [1.165, 1.54) is 32.1 Å². The minimum absolute atomic E-state index is 0.0486. The van der Waals surface area contributed by atoms with Crippen molar-refractivity contribution in [1.82, 2.24) is 0 Å². The third kappa shape index (κ3) is 10.0. The lowest BCUT2D eigenvalue weighted by Gasteiger charge is -2.17. The average Bonchev–Trinajstić information content (AvgIpc) is 3.01. The molecule has 5 heteroatoms. The summed E-state index contributed by atoms with van der Waals surface area (Å²) in [5, 5.41) is 0. The molecule has 0 aliphatic heterocycles. The number of carbonyl (C=O) groups excluding carboxylic acids is 2. The lowest BCUT2D eigenvalue weighted by atomic mass is 9.85. The largest absolute Gasteiger partial charge is 0.494 e. The molecule has 218 valence electrons. The summed E-state index contributed by atoms with van der Waals surface area (Å²) in [5.74, 6) is 0.780. The number of ketones is 2. The van der Waals surface area contributed by atoms with Gasteiger partial charge < -0.3 is 4.74 Å². The zero-order chi connectivity index (χ0) is 29.7. The van der Waals surface area contributed by atoms with Crippen LogP contribution in [-0.4, -0.2) is 18.2 Å². The van der Waals surface area contributed by atoms with Crippen LogP contribution < -0.4 is 4.74 Å². The van der Waals surface area contributed by atoms with Crippen LogP contribution in [0.3, 0.4) is 0 Å². The maximum Gasteiger partial charge on any atom is 0.163 e. The molecule has 4 aromatic carbocycles. The minimum atomic E-state index is -0.213. The molecule has 42 heavy (non-hydrogen) atoms. The molecule has 0 amide bonds. The number of hydrogen-bond acceptors (Lipinski definition) is 3. The van der Waals surface area contributed by atoms with Gasteiger partial charge in [-0.1, -0.05) is 99.7 Å². The van der Waals surface area contributed by atoms with Crippen LogP contribution >= 0.6 is 45.2 Å². The summed E-state index contributed by atoms with van der Waals surface area (Å²) in [5.41, 5.74) is 4.55. The Hall–Kier alpha value is -2.52. The molecule has 0 fully saturated rings. The van der Waals surface area contributed by atoms with Crippen LogP contribution in [-0.2, 0) is 0 Å². The van der Waals surface area contributed by atoms with Crippen LogP contribution in [0.2, 0.25) is 0 Å². The normalized spacial score (nSPS) is 11.0. The van der Waals surface area contributed by atoms with Crippen LogP contribution in [0.15, 0.2) is 97.1 Å². The molecule has 0 unspecified atom stereocenters. The number of benzene rings is 4. The molecule has 0 radical (unpaired) electrons. The topological polar surface area (TPSA) is 43.4 Å². The van der Waals surface area contributed by atoms with E-state index in [2.05, 4.69) is 88.5 Å². The van der Waals surface area contributed by atoms with E-state index in [1.54, 1.807) is 0 Å². The Morgan fingerprint density at radius 3 is 1.55 bits per heavy atom. The van der Waals surface area contributed by atoms with Gasteiger partial charge in [-0.15, -0.1) is 0 Å². The highest BCUT2D eigenvalue weighted by atomic mass is 127. The Morgan fingerprint density at radius 2 is 1.05 bits per heavy atom. The number of hydrogen-bond donors (Lipinski definition) is 0. The fraction of sp³-hybridized carbons (Fsp3) is 0.297. The monoisotopic (exact) mass is 784 g/mol. The average molecular weight is 785 g/mol. The lowest BCUT2D eigenvalue weighted by molar-refractivity contribution is 0.0944. The zero-order valence-electron chi connectivity index (χ0n) is 24.2. The van der Waals surface area contributed by atoms with E-state index < -0.39 is 0 Å². The first-order valence-corrected chi connectivity index (χ1v) is 17.0. The van der Waals surface area contributed by atoms with Gasteiger partial charge in [0.1, 0.15) is 5.75 Å². The predicted octanol–water partition coefficient (Wildman–Crippen LogP) is 10.9. The molecule has 3 nitrogen and oxygen atoms in total.